The van der Waals surface area contributed by atoms with Crippen LogP contribution >= 0.6 is 11.3 Å². The summed E-state index contributed by atoms with van der Waals surface area (Å²) in [6.45, 7) is 0. The molecule has 1 saturated carbocycles. The summed E-state index contributed by atoms with van der Waals surface area (Å²) in [5.41, 5.74) is 2.58. The molecule has 1 aliphatic rings. The zero-order valence-corrected chi connectivity index (χ0v) is 16.3. The third-order valence-electron chi connectivity index (χ3n) is 5.53. The summed E-state index contributed by atoms with van der Waals surface area (Å²) in [5, 5.41) is 6.41. The molecule has 1 aliphatic carbocycles. The monoisotopic (exact) mass is 398 g/mol. The standard InChI is InChI=1S/C21H20F2N4S/c1-27-12-16-9-15(11-24-19(16)26-27)18-3-2-14-10-17(28-20(14)25-18)8-13-4-6-21(22,23)7-5-13/h2-3,9-13H,4-8H2,1H3. The molecule has 144 valence electrons. The van der Waals surface area contributed by atoms with Gasteiger partial charge in [0.05, 0.1) is 5.69 Å². The van der Waals surface area contributed by atoms with Crippen LogP contribution in [0.15, 0.2) is 36.7 Å². The number of rotatable bonds is 3. The van der Waals surface area contributed by atoms with Crippen molar-refractivity contribution >= 4 is 32.6 Å². The van der Waals surface area contributed by atoms with E-state index in [0.29, 0.717) is 18.8 Å². The average molecular weight is 398 g/mol. The number of halogens is 2. The molecule has 0 N–H and O–H groups in total. The van der Waals surface area contributed by atoms with Gasteiger partial charge in [0.15, 0.2) is 5.65 Å². The number of nitrogens with zero attached hydrogens (tertiary/aromatic N) is 4. The fourth-order valence-electron chi connectivity index (χ4n) is 3.99. The first-order valence-corrected chi connectivity index (χ1v) is 10.3. The molecule has 1 fully saturated rings. The molecule has 0 aliphatic heterocycles. The summed E-state index contributed by atoms with van der Waals surface area (Å²) in [4.78, 5) is 11.5. The van der Waals surface area contributed by atoms with Crippen molar-refractivity contribution in [2.75, 3.05) is 0 Å². The van der Waals surface area contributed by atoms with Gasteiger partial charge in [-0.2, -0.15) is 5.10 Å². The summed E-state index contributed by atoms with van der Waals surface area (Å²) in [7, 11) is 1.88. The molecule has 0 bridgehead atoms. The molecule has 0 saturated heterocycles. The Balaban J connectivity index is 1.40. The number of fused-ring (bicyclic) bond motifs is 2. The molecule has 0 spiro atoms. The highest BCUT2D eigenvalue weighted by molar-refractivity contribution is 7.18. The summed E-state index contributed by atoms with van der Waals surface area (Å²) < 4.78 is 28.5. The third-order valence-corrected chi connectivity index (χ3v) is 6.60. The van der Waals surface area contributed by atoms with Crippen molar-refractivity contribution in [1.29, 1.82) is 0 Å². The molecule has 0 amide bonds. The second-order valence-corrected chi connectivity index (χ2v) is 8.86. The minimum absolute atomic E-state index is 0.0226. The maximum atomic E-state index is 13.4. The van der Waals surface area contributed by atoms with E-state index in [1.54, 1.807) is 22.2 Å². The Morgan fingerprint density at radius 1 is 1.18 bits per heavy atom. The number of thiophene rings is 1. The van der Waals surface area contributed by atoms with Crippen LogP contribution in [0, 0.1) is 5.92 Å². The van der Waals surface area contributed by atoms with Crippen molar-refractivity contribution in [3.63, 3.8) is 0 Å². The lowest BCUT2D eigenvalue weighted by molar-refractivity contribution is -0.0455. The minimum Gasteiger partial charge on any atom is -0.273 e. The van der Waals surface area contributed by atoms with E-state index in [0.717, 1.165) is 38.9 Å². The molecule has 4 heterocycles. The van der Waals surface area contributed by atoms with Crippen LogP contribution in [0.2, 0.25) is 0 Å². The van der Waals surface area contributed by atoms with Crippen LogP contribution in [0.3, 0.4) is 0 Å². The first-order valence-electron chi connectivity index (χ1n) is 9.52. The molecule has 0 radical (unpaired) electrons. The Kier molecular flexibility index (Phi) is 4.16. The largest absolute Gasteiger partial charge is 0.273 e. The molecular weight excluding hydrogens is 378 g/mol. The Morgan fingerprint density at radius 3 is 2.82 bits per heavy atom. The average Bonchev–Trinajstić information content (AvgIpc) is 3.23. The van der Waals surface area contributed by atoms with Gasteiger partial charge >= 0.3 is 0 Å². The molecule has 4 aromatic rings. The van der Waals surface area contributed by atoms with Gasteiger partial charge in [0.25, 0.3) is 0 Å². The van der Waals surface area contributed by atoms with Crippen molar-refractivity contribution in [2.45, 2.75) is 38.0 Å². The van der Waals surface area contributed by atoms with Crippen molar-refractivity contribution in [3.8, 4) is 11.3 Å². The molecule has 5 rings (SSSR count). The van der Waals surface area contributed by atoms with Gasteiger partial charge in [-0.05, 0) is 49.4 Å². The van der Waals surface area contributed by atoms with Gasteiger partial charge in [-0.25, -0.2) is 18.7 Å². The molecule has 7 heteroatoms. The molecule has 0 aromatic carbocycles. The SMILES string of the molecule is Cn1cc2cc(-c3ccc4cc(CC5CCC(F)(F)CC5)sc4n3)cnc2n1. The highest BCUT2D eigenvalue weighted by Gasteiger charge is 2.34. The minimum atomic E-state index is -2.46. The van der Waals surface area contributed by atoms with Crippen LogP contribution < -0.4 is 0 Å². The highest BCUT2D eigenvalue weighted by atomic mass is 32.1. The maximum absolute atomic E-state index is 13.4. The van der Waals surface area contributed by atoms with E-state index >= 15 is 0 Å². The second-order valence-electron chi connectivity index (χ2n) is 7.75. The van der Waals surface area contributed by atoms with Crippen LogP contribution in [0.4, 0.5) is 8.78 Å². The number of aromatic nitrogens is 4. The Hall–Kier alpha value is -2.41. The van der Waals surface area contributed by atoms with Gasteiger partial charge in [0, 0.05) is 53.5 Å². The first kappa shape index (κ1) is 17.7. The van der Waals surface area contributed by atoms with E-state index in [1.807, 2.05) is 19.3 Å². The number of alkyl halides is 2. The topological polar surface area (TPSA) is 43.6 Å². The predicted molar refractivity (Wildman–Crippen MR) is 108 cm³/mol. The summed E-state index contributed by atoms with van der Waals surface area (Å²) in [5.74, 6) is -2.11. The predicted octanol–water partition coefficient (Wildman–Crippen LogP) is 5.61. The molecule has 28 heavy (non-hydrogen) atoms. The smallest absolute Gasteiger partial charge is 0.248 e. The normalized spacial score (nSPS) is 17.5. The number of pyridine rings is 2. The van der Waals surface area contributed by atoms with Crippen LogP contribution in [-0.4, -0.2) is 25.7 Å². The molecule has 4 aromatic heterocycles. The zero-order chi connectivity index (χ0) is 19.3. The molecule has 4 nitrogen and oxygen atoms in total. The fraction of sp³-hybridized carbons (Fsp3) is 0.381. The van der Waals surface area contributed by atoms with Crippen molar-refractivity contribution in [1.82, 2.24) is 19.7 Å². The van der Waals surface area contributed by atoms with Gasteiger partial charge in [0.2, 0.25) is 5.92 Å². The van der Waals surface area contributed by atoms with Gasteiger partial charge in [-0.1, -0.05) is 0 Å². The van der Waals surface area contributed by atoms with Crippen LogP contribution in [0.5, 0.6) is 0 Å². The third kappa shape index (κ3) is 3.39. The summed E-state index contributed by atoms with van der Waals surface area (Å²) >= 11 is 1.67. The van der Waals surface area contributed by atoms with Gasteiger partial charge in [-0.15, -0.1) is 11.3 Å². The zero-order valence-electron chi connectivity index (χ0n) is 15.5. The number of hydrogen-bond donors (Lipinski definition) is 0. The molecule has 0 unspecified atom stereocenters. The van der Waals surface area contributed by atoms with E-state index in [-0.39, 0.29) is 12.8 Å². The lowest BCUT2D eigenvalue weighted by atomic mass is 9.84. The lowest BCUT2D eigenvalue weighted by Gasteiger charge is -2.27. The van der Waals surface area contributed by atoms with Gasteiger partial charge in [0.1, 0.15) is 4.83 Å². The fourth-order valence-corrected chi connectivity index (χ4v) is 5.13. The van der Waals surface area contributed by atoms with Crippen molar-refractivity contribution < 1.29 is 8.78 Å². The molecule has 0 atom stereocenters. The van der Waals surface area contributed by atoms with Crippen molar-refractivity contribution in [3.05, 3.63) is 41.5 Å². The van der Waals surface area contributed by atoms with E-state index in [9.17, 15) is 8.78 Å². The lowest BCUT2D eigenvalue weighted by Crippen LogP contribution is -2.25. The number of hydrogen-bond acceptors (Lipinski definition) is 4. The van der Waals surface area contributed by atoms with E-state index < -0.39 is 5.92 Å². The van der Waals surface area contributed by atoms with Gasteiger partial charge in [-0.3, -0.25) is 4.68 Å². The summed E-state index contributed by atoms with van der Waals surface area (Å²) in [6.07, 6.45) is 5.88. The Bertz CT molecular complexity index is 1150. The van der Waals surface area contributed by atoms with Crippen molar-refractivity contribution in [2.24, 2.45) is 13.0 Å². The first-order chi connectivity index (χ1) is 13.4. The van der Waals surface area contributed by atoms with Crippen LogP contribution in [-0.2, 0) is 13.5 Å². The quantitative estimate of drug-likeness (QED) is 0.450. The molecular formula is C21H20F2N4S. The van der Waals surface area contributed by atoms with Crippen LogP contribution in [0.25, 0.3) is 32.5 Å². The van der Waals surface area contributed by atoms with E-state index in [1.165, 1.54) is 4.88 Å². The van der Waals surface area contributed by atoms with E-state index in [4.69, 9.17) is 4.98 Å². The number of aryl methyl sites for hydroxylation is 1. The second kappa shape index (κ2) is 6.58. The maximum Gasteiger partial charge on any atom is 0.248 e. The highest BCUT2D eigenvalue weighted by Crippen LogP contribution is 2.39. The Labute approximate surface area is 165 Å². The van der Waals surface area contributed by atoms with E-state index in [2.05, 4.69) is 28.3 Å². The van der Waals surface area contributed by atoms with Gasteiger partial charge < -0.3 is 0 Å². The van der Waals surface area contributed by atoms with Crippen LogP contribution in [0.1, 0.15) is 30.6 Å². The summed E-state index contributed by atoms with van der Waals surface area (Å²) in [6, 6.07) is 8.31. The Morgan fingerprint density at radius 2 is 2.00 bits per heavy atom.